The predicted molar refractivity (Wildman–Crippen MR) is 80.6 cm³/mol. The SMILES string of the molecule is CCN(CC(=O)Nc1ccccc1C(F)(F)F)C(=O)C(C)(C)N. The molecule has 1 aromatic carbocycles. The van der Waals surface area contributed by atoms with Gasteiger partial charge in [-0.1, -0.05) is 12.1 Å². The molecule has 0 fully saturated rings. The van der Waals surface area contributed by atoms with Crippen LogP contribution < -0.4 is 11.1 Å². The molecule has 0 unspecified atom stereocenters. The average molecular weight is 331 g/mol. The molecule has 0 atom stereocenters. The molecule has 1 rings (SSSR count). The second-order valence-corrected chi connectivity index (χ2v) is 5.63. The lowest BCUT2D eigenvalue weighted by molar-refractivity contribution is -0.139. The topological polar surface area (TPSA) is 75.4 Å². The summed E-state index contributed by atoms with van der Waals surface area (Å²) in [6, 6.07) is 4.65. The molecule has 23 heavy (non-hydrogen) atoms. The number of anilines is 1. The Kier molecular flexibility index (Phi) is 5.76. The van der Waals surface area contributed by atoms with Crippen molar-refractivity contribution in [1.82, 2.24) is 4.90 Å². The van der Waals surface area contributed by atoms with Crippen LogP contribution in [0.1, 0.15) is 26.3 Å². The summed E-state index contributed by atoms with van der Waals surface area (Å²) in [5.41, 5.74) is 3.24. The molecule has 3 N–H and O–H groups in total. The number of benzene rings is 1. The number of hydrogen-bond donors (Lipinski definition) is 2. The van der Waals surface area contributed by atoms with Crippen molar-refractivity contribution in [2.45, 2.75) is 32.5 Å². The highest BCUT2D eigenvalue weighted by Gasteiger charge is 2.34. The van der Waals surface area contributed by atoms with E-state index in [2.05, 4.69) is 5.32 Å². The highest BCUT2D eigenvalue weighted by atomic mass is 19.4. The number of halogens is 3. The zero-order chi connectivity index (χ0) is 17.8. The van der Waals surface area contributed by atoms with Gasteiger partial charge in [-0.05, 0) is 32.9 Å². The number of nitrogens with zero attached hydrogens (tertiary/aromatic N) is 1. The minimum Gasteiger partial charge on any atom is -0.332 e. The molecular formula is C15H20F3N3O2. The van der Waals surface area contributed by atoms with E-state index in [4.69, 9.17) is 5.73 Å². The molecule has 0 saturated carbocycles. The lowest BCUT2D eigenvalue weighted by Crippen LogP contribution is -2.52. The van der Waals surface area contributed by atoms with Crippen LogP contribution in [0, 0.1) is 0 Å². The molecule has 0 aromatic heterocycles. The molecule has 0 heterocycles. The Morgan fingerprint density at radius 1 is 1.22 bits per heavy atom. The van der Waals surface area contributed by atoms with Gasteiger partial charge in [0.1, 0.15) is 0 Å². The molecule has 0 aliphatic heterocycles. The first-order valence-corrected chi connectivity index (χ1v) is 7.01. The maximum Gasteiger partial charge on any atom is 0.418 e. The van der Waals surface area contributed by atoms with Crippen molar-refractivity contribution < 1.29 is 22.8 Å². The van der Waals surface area contributed by atoms with Gasteiger partial charge in [-0.3, -0.25) is 9.59 Å². The van der Waals surface area contributed by atoms with Gasteiger partial charge >= 0.3 is 6.18 Å². The summed E-state index contributed by atoms with van der Waals surface area (Å²) in [7, 11) is 0. The summed E-state index contributed by atoms with van der Waals surface area (Å²) in [4.78, 5) is 25.2. The Balaban J connectivity index is 2.87. The van der Waals surface area contributed by atoms with E-state index in [1.165, 1.54) is 30.9 Å². The van der Waals surface area contributed by atoms with Gasteiger partial charge in [-0.2, -0.15) is 13.2 Å². The Bertz CT molecular complexity index is 580. The van der Waals surface area contributed by atoms with Crippen LogP contribution in [0.5, 0.6) is 0 Å². The van der Waals surface area contributed by atoms with Crippen LogP contribution in [0.4, 0.5) is 18.9 Å². The van der Waals surface area contributed by atoms with E-state index in [1.54, 1.807) is 6.92 Å². The van der Waals surface area contributed by atoms with Crippen LogP contribution in [0.2, 0.25) is 0 Å². The molecule has 5 nitrogen and oxygen atoms in total. The summed E-state index contributed by atoms with van der Waals surface area (Å²) < 4.78 is 38.6. The Morgan fingerprint density at radius 2 is 1.78 bits per heavy atom. The number of para-hydroxylation sites is 1. The van der Waals surface area contributed by atoms with Crippen LogP contribution in [0.25, 0.3) is 0 Å². The predicted octanol–water partition coefficient (Wildman–Crippen LogP) is 2.23. The number of alkyl halides is 3. The Hall–Kier alpha value is -2.09. The normalized spacial score (nSPS) is 12.0. The number of nitrogens with one attached hydrogen (secondary N) is 1. The van der Waals surface area contributed by atoms with Gasteiger partial charge in [0.25, 0.3) is 0 Å². The number of hydrogen-bond acceptors (Lipinski definition) is 3. The first-order chi connectivity index (χ1) is 10.5. The third-order valence-electron chi connectivity index (χ3n) is 3.06. The number of likely N-dealkylation sites (N-methyl/N-ethyl adjacent to an activating group) is 1. The van der Waals surface area contributed by atoms with Crippen molar-refractivity contribution in [2.75, 3.05) is 18.4 Å². The van der Waals surface area contributed by atoms with E-state index >= 15 is 0 Å². The highest BCUT2D eigenvalue weighted by Crippen LogP contribution is 2.34. The summed E-state index contributed by atoms with van der Waals surface area (Å²) in [6.07, 6.45) is -4.58. The summed E-state index contributed by atoms with van der Waals surface area (Å²) >= 11 is 0. The Labute approximate surface area is 132 Å². The molecule has 128 valence electrons. The molecule has 0 spiro atoms. The smallest absolute Gasteiger partial charge is 0.332 e. The number of carbonyl (C=O) groups is 2. The van der Waals surface area contributed by atoms with E-state index in [0.717, 1.165) is 12.1 Å². The number of amides is 2. The third-order valence-corrected chi connectivity index (χ3v) is 3.06. The average Bonchev–Trinajstić information content (AvgIpc) is 2.42. The van der Waals surface area contributed by atoms with Gasteiger partial charge in [-0.15, -0.1) is 0 Å². The summed E-state index contributed by atoms with van der Waals surface area (Å²) in [5.74, 6) is -1.18. The van der Waals surface area contributed by atoms with Crippen LogP contribution in [-0.2, 0) is 15.8 Å². The summed E-state index contributed by atoms with van der Waals surface area (Å²) in [5, 5.41) is 2.19. The van der Waals surface area contributed by atoms with Gasteiger partial charge in [0.2, 0.25) is 11.8 Å². The van der Waals surface area contributed by atoms with Crippen molar-refractivity contribution in [3.8, 4) is 0 Å². The van der Waals surface area contributed by atoms with Crippen molar-refractivity contribution in [2.24, 2.45) is 5.73 Å². The molecule has 0 bridgehead atoms. The first-order valence-electron chi connectivity index (χ1n) is 7.01. The molecule has 0 saturated heterocycles. The van der Waals surface area contributed by atoms with E-state index < -0.39 is 29.1 Å². The van der Waals surface area contributed by atoms with Crippen molar-refractivity contribution >= 4 is 17.5 Å². The lowest BCUT2D eigenvalue weighted by Gasteiger charge is -2.28. The monoisotopic (exact) mass is 331 g/mol. The fraction of sp³-hybridized carbons (Fsp3) is 0.467. The Morgan fingerprint density at radius 3 is 2.26 bits per heavy atom. The number of nitrogens with two attached hydrogens (primary N) is 1. The fourth-order valence-corrected chi connectivity index (χ4v) is 1.94. The largest absolute Gasteiger partial charge is 0.418 e. The van der Waals surface area contributed by atoms with Gasteiger partial charge in [0.15, 0.2) is 0 Å². The quantitative estimate of drug-likeness (QED) is 0.869. The molecule has 0 radical (unpaired) electrons. The maximum absolute atomic E-state index is 12.9. The second kappa shape index (κ2) is 6.99. The fourth-order valence-electron chi connectivity index (χ4n) is 1.94. The third kappa shape index (κ3) is 5.24. The van der Waals surface area contributed by atoms with Gasteiger partial charge in [-0.25, -0.2) is 0 Å². The molecule has 0 aliphatic rings. The zero-order valence-corrected chi connectivity index (χ0v) is 13.2. The van der Waals surface area contributed by atoms with Crippen LogP contribution in [0.15, 0.2) is 24.3 Å². The number of rotatable bonds is 5. The van der Waals surface area contributed by atoms with Gasteiger partial charge in [0, 0.05) is 6.54 Å². The molecule has 2 amide bonds. The van der Waals surface area contributed by atoms with Gasteiger partial charge in [0.05, 0.1) is 23.3 Å². The standard InChI is InChI=1S/C15H20F3N3O2/c1-4-21(13(23)14(2,3)19)9-12(22)20-11-8-6-5-7-10(11)15(16,17)18/h5-8H,4,9,19H2,1-3H3,(H,20,22). The van der Waals surface area contributed by atoms with Crippen molar-refractivity contribution in [3.63, 3.8) is 0 Å². The summed E-state index contributed by atoms with van der Waals surface area (Å²) in [6.45, 7) is 4.49. The van der Waals surface area contributed by atoms with Crippen molar-refractivity contribution in [3.05, 3.63) is 29.8 Å². The minimum absolute atomic E-state index is 0.216. The van der Waals surface area contributed by atoms with E-state index in [1.807, 2.05) is 0 Å². The van der Waals surface area contributed by atoms with Crippen molar-refractivity contribution in [1.29, 1.82) is 0 Å². The second-order valence-electron chi connectivity index (χ2n) is 5.63. The van der Waals surface area contributed by atoms with Crippen LogP contribution in [0.3, 0.4) is 0 Å². The maximum atomic E-state index is 12.9. The van der Waals surface area contributed by atoms with Gasteiger partial charge < -0.3 is 16.0 Å². The zero-order valence-electron chi connectivity index (χ0n) is 13.2. The highest BCUT2D eigenvalue weighted by molar-refractivity contribution is 5.96. The van der Waals surface area contributed by atoms with E-state index in [9.17, 15) is 22.8 Å². The molecule has 8 heteroatoms. The van der Waals surface area contributed by atoms with Crippen LogP contribution in [-0.4, -0.2) is 35.3 Å². The first kappa shape index (κ1) is 19.0. The van der Waals surface area contributed by atoms with Crippen LogP contribution >= 0.6 is 0 Å². The lowest BCUT2D eigenvalue weighted by atomic mass is 10.1. The van der Waals surface area contributed by atoms with E-state index in [-0.39, 0.29) is 18.8 Å². The van der Waals surface area contributed by atoms with E-state index in [0.29, 0.717) is 0 Å². The number of carbonyl (C=O) groups excluding carboxylic acids is 2. The molecule has 0 aliphatic carbocycles. The molecular weight excluding hydrogens is 311 g/mol. The minimum atomic E-state index is -4.58. The molecule has 1 aromatic rings.